The summed E-state index contributed by atoms with van der Waals surface area (Å²) in [6, 6.07) is 11.0. The SMILES string of the molecule is CC(C)NCC(CCO)Cc1ccccc1. The van der Waals surface area contributed by atoms with Crippen LogP contribution in [0.4, 0.5) is 0 Å². The van der Waals surface area contributed by atoms with Gasteiger partial charge in [0.25, 0.3) is 0 Å². The number of nitrogens with one attached hydrogen (secondary N) is 1. The van der Waals surface area contributed by atoms with Gasteiger partial charge in [-0.25, -0.2) is 0 Å². The van der Waals surface area contributed by atoms with Crippen LogP contribution in [0.15, 0.2) is 30.3 Å². The van der Waals surface area contributed by atoms with Crippen molar-refractivity contribution in [2.24, 2.45) is 5.92 Å². The number of benzene rings is 1. The molecule has 1 rings (SSSR count). The van der Waals surface area contributed by atoms with Crippen LogP contribution in [0.1, 0.15) is 25.8 Å². The molecule has 0 aliphatic rings. The van der Waals surface area contributed by atoms with Crippen molar-refractivity contribution in [3.63, 3.8) is 0 Å². The van der Waals surface area contributed by atoms with Crippen molar-refractivity contribution in [1.82, 2.24) is 5.32 Å². The summed E-state index contributed by atoms with van der Waals surface area (Å²) in [7, 11) is 0. The lowest BCUT2D eigenvalue weighted by Gasteiger charge is -2.18. The molecule has 0 aliphatic carbocycles. The van der Waals surface area contributed by atoms with Gasteiger partial charge in [-0.1, -0.05) is 44.2 Å². The molecule has 16 heavy (non-hydrogen) atoms. The Bertz CT molecular complexity index is 271. The minimum atomic E-state index is 0.275. The fourth-order valence-electron chi connectivity index (χ4n) is 1.81. The zero-order valence-electron chi connectivity index (χ0n) is 10.3. The van der Waals surface area contributed by atoms with Gasteiger partial charge in [0.1, 0.15) is 0 Å². The molecule has 0 heterocycles. The maximum absolute atomic E-state index is 9.05. The van der Waals surface area contributed by atoms with Crippen LogP contribution in [0.5, 0.6) is 0 Å². The third kappa shape index (κ3) is 5.29. The van der Waals surface area contributed by atoms with E-state index in [0.717, 1.165) is 19.4 Å². The van der Waals surface area contributed by atoms with E-state index in [9.17, 15) is 0 Å². The molecule has 0 amide bonds. The predicted octanol–water partition coefficient (Wildman–Crippen LogP) is 2.23. The Morgan fingerprint density at radius 1 is 1.19 bits per heavy atom. The van der Waals surface area contributed by atoms with Crippen molar-refractivity contribution in [1.29, 1.82) is 0 Å². The Hall–Kier alpha value is -0.860. The molecule has 0 aromatic heterocycles. The summed E-state index contributed by atoms with van der Waals surface area (Å²) in [6.07, 6.45) is 1.91. The molecule has 0 saturated heterocycles. The second-order valence-corrected chi connectivity index (χ2v) is 4.63. The zero-order valence-corrected chi connectivity index (χ0v) is 10.3. The van der Waals surface area contributed by atoms with Crippen molar-refractivity contribution < 1.29 is 5.11 Å². The zero-order chi connectivity index (χ0) is 11.8. The first kappa shape index (κ1) is 13.2. The molecule has 1 atom stereocenters. The molecular weight excluding hydrogens is 198 g/mol. The minimum absolute atomic E-state index is 0.275. The molecule has 90 valence electrons. The largest absolute Gasteiger partial charge is 0.396 e. The van der Waals surface area contributed by atoms with E-state index in [1.54, 1.807) is 0 Å². The molecule has 0 fully saturated rings. The van der Waals surface area contributed by atoms with Crippen molar-refractivity contribution in [2.45, 2.75) is 32.7 Å². The normalized spacial score (nSPS) is 13.0. The summed E-state index contributed by atoms with van der Waals surface area (Å²) in [5.74, 6) is 0.523. The molecule has 2 heteroatoms. The van der Waals surface area contributed by atoms with Gasteiger partial charge in [-0.3, -0.25) is 0 Å². The molecule has 0 spiro atoms. The van der Waals surface area contributed by atoms with Gasteiger partial charge in [-0.2, -0.15) is 0 Å². The molecular formula is C14H23NO. The Balaban J connectivity index is 2.44. The molecule has 0 bridgehead atoms. The van der Waals surface area contributed by atoms with E-state index in [2.05, 4.69) is 43.4 Å². The Labute approximate surface area is 98.7 Å². The molecule has 1 aromatic carbocycles. The summed E-state index contributed by atoms with van der Waals surface area (Å²) in [5.41, 5.74) is 1.35. The van der Waals surface area contributed by atoms with Crippen LogP contribution in [0.2, 0.25) is 0 Å². The second-order valence-electron chi connectivity index (χ2n) is 4.63. The molecule has 0 aliphatic heterocycles. The fourth-order valence-corrected chi connectivity index (χ4v) is 1.81. The Kier molecular flexibility index (Phi) is 6.12. The number of hydrogen-bond donors (Lipinski definition) is 2. The molecule has 2 N–H and O–H groups in total. The lowest BCUT2D eigenvalue weighted by atomic mass is 9.96. The average molecular weight is 221 g/mol. The molecule has 1 aromatic rings. The predicted molar refractivity (Wildman–Crippen MR) is 68.5 cm³/mol. The molecule has 2 nitrogen and oxygen atoms in total. The first-order valence-corrected chi connectivity index (χ1v) is 6.10. The molecule has 0 radical (unpaired) electrons. The smallest absolute Gasteiger partial charge is 0.0434 e. The summed E-state index contributed by atoms with van der Waals surface area (Å²) in [4.78, 5) is 0. The number of aliphatic hydroxyl groups excluding tert-OH is 1. The summed E-state index contributed by atoms with van der Waals surface area (Å²) in [6.45, 7) is 5.56. The van der Waals surface area contributed by atoms with Gasteiger partial charge in [0, 0.05) is 12.6 Å². The van der Waals surface area contributed by atoms with E-state index in [1.807, 2.05) is 6.07 Å². The van der Waals surface area contributed by atoms with Crippen LogP contribution in [-0.2, 0) is 6.42 Å². The third-order valence-electron chi connectivity index (χ3n) is 2.72. The first-order valence-electron chi connectivity index (χ1n) is 6.10. The van der Waals surface area contributed by atoms with Gasteiger partial charge < -0.3 is 10.4 Å². The van der Waals surface area contributed by atoms with E-state index in [4.69, 9.17) is 5.11 Å². The Morgan fingerprint density at radius 2 is 1.88 bits per heavy atom. The molecule has 0 saturated carbocycles. The maximum atomic E-state index is 9.05. The van der Waals surface area contributed by atoms with E-state index in [-0.39, 0.29) is 6.61 Å². The van der Waals surface area contributed by atoms with Crippen LogP contribution >= 0.6 is 0 Å². The number of aliphatic hydroxyl groups is 1. The Morgan fingerprint density at radius 3 is 2.44 bits per heavy atom. The van der Waals surface area contributed by atoms with Crippen molar-refractivity contribution >= 4 is 0 Å². The van der Waals surface area contributed by atoms with Gasteiger partial charge in [0.05, 0.1) is 0 Å². The quantitative estimate of drug-likeness (QED) is 0.740. The van der Waals surface area contributed by atoms with Crippen LogP contribution in [0.25, 0.3) is 0 Å². The highest BCUT2D eigenvalue weighted by atomic mass is 16.3. The topological polar surface area (TPSA) is 32.3 Å². The van der Waals surface area contributed by atoms with Gasteiger partial charge >= 0.3 is 0 Å². The van der Waals surface area contributed by atoms with Gasteiger partial charge in [0.15, 0.2) is 0 Å². The standard InChI is InChI=1S/C14H23NO/c1-12(2)15-11-14(8-9-16)10-13-6-4-3-5-7-13/h3-7,12,14-16H,8-11H2,1-2H3. The van der Waals surface area contributed by atoms with E-state index in [0.29, 0.717) is 12.0 Å². The van der Waals surface area contributed by atoms with Gasteiger partial charge in [-0.05, 0) is 30.9 Å². The van der Waals surface area contributed by atoms with Crippen molar-refractivity contribution in [3.05, 3.63) is 35.9 Å². The lowest BCUT2D eigenvalue weighted by Crippen LogP contribution is -2.30. The van der Waals surface area contributed by atoms with Crippen molar-refractivity contribution in [3.8, 4) is 0 Å². The summed E-state index contributed by atoms with van der Waals surface area (Å²) < 4.78 is 0. The van der Waals surface area contributed by atoms with E-state index in [1.165, 1.54) is 5.56 Å². The van der Waals surface area contributed by atoms with Crippen LogP contribution < -0.4 is 5.32 Å². The van der Waals surface area contributed by atoms with E-state index < -0.39 is 0 Å². The second kappa shape index (κ2) is 7.42. The highest BCUT2D eigenvalue weighted by molar-refractivity contribution is 5.15. The highest BCUT2D eigenvalue weighted by Gasteiger charge is 2.09. The summed E-state index contributed by atoms with van der Waals surface area (Å²) >= 11 is 0. The number of hydrogen-bond acceptors (Lipinski definition) is 2. The van der Waals surface area contributed by atoms with E-state index >= 15 is 0 Å². The van der Waals surface area contributed by atoms with Gasteiger partial charge in [0.2, 0.25) is 0 Å². The van der Waals surface area contributed by atoms with Crippen LogP contribution in [0, 0.1) is 5.92 Å². The third-order valence-corrected chi connectivity index (χ3v) is 2.72. The highest BCUT2D eigenvalue weighted by Crippen LogP contribution is 2.11. The lowest BCUT2D eigenvalue weighted by molar-refractivity contribution is 0.251. The minimum Gasteiger partial charge on any atom is -0.396 e. The summed E-state index contributed by atoms with van der Waals surface area (Å²) in [5, 5.41) is 12.5. The first-order chi connectivity index (χ1) is 7.72. The van der Waals surface area contributed by atoms with Crippen molar-refractivity contribution in [2.75, 3.05) is 13.2 Å². The van der Waals surface area contributed by atoms with Crippen LogP contribution in [0.3, 0.4) is 0 Å². The van der Waals surface area contributed by atoms with Crippen LogP contribution in [-0.4, -0.2) is 24.3 Å². The maximum Gasteiger partial charge on any atom is 0.0434 e. The monoisotopic (exact) mass is 221 g/mol. The average Bonchev–Trinajstić information content (AvgIpc) is 2.27. The fraction of sp³-hybridized carbons (Fsp3) is 0.571. The van der Waals surface area contributed by atoms with Gasteiger partial charge in [-0.15, -0.1) is 0 Å². The molecule has 1 unspecified atom stereocenters. The number of rotatable bonds is 7.